The lowest BCUT2D eigenvalue weighted by atomic mass is 10.1. The summed E-state index contributed by atoms with van der Waals surface area (Å²) in [5, 5.41) is 14.5. The number of halogens is 1. The predicted molar refractivity (Wildman–Crippen MR) is 116 cm³/mol. The van der Waals surface area contributed by atoms with Crippen molar-refractivity contribution in [3.05, 3.63) is 88.0 Å². The molecule has 0 bridgehead atoms. The summed E-state index contributed by atoms with van der Waals surface area (Å²) >= 11 is 1.65. The van der Waals surface area contributed by atoms with Crippen LogP contribution in [0.5, 0.6) is 0 Å². The van der Waals surface area contributed by atoms with E-state index in [0.717, 1.165) is 16.3 Å². The zero-order valence-corrected chi connectivity index (χ0v) is 18.0. The van der Waals surface area contributed by atoms with Crippen LogP contribution in [0, 0.1) is 5.82 Å². The van der Waals surface area contributed by atoms with E-state index in [1.54, 1.807) is 40.3 Å². The molecule has 1 aliphatic rings. The Morgan fingerprint density at radius 2 is 1.91 bits per heavy atom. The first kappa shape index (κ1) is 20.5. The van der Waals surface area contributed by atoms with Gasteiger partial charge in [0.2, 0.25) is 0 Å². The van der Waals surface area contributed by atoms with E-state index in [4.69, 9.17) is 4.42 Å². The van der Waals surface area contributed by atoms with Gasteiger partial charge in [0.05, 0.1) is 12.8 Å². The van der Waals surface area contributed by atoms with Crippen LogP contribution in [0.1, 0.15) is 32.9 Å². The number of aromatic nitrogens is 4. The maximum Gasteiger partial charge on any atom is 0.289 e. The number of piperazine rings is 1. The number of hydrogen-bond acceptors (Lipinski definition) is 7. The largest absolute Gasteiger partial charge is 0.459 e. The fourth-order valence-electron chi connectivity index (χ4n) is 3.94. The lowest BCUT2D eigenvalue weighted by Gasteiger charge is -2.38. The predicted octanol–water partition coefficient (Wildman–Crippen LogP) is 3.06. The summed E-state index contributed by atoms with van der Waals surface area (Å²) in [5.74, 6) is 0.715. The van der Waals surface area contributed by atoms with Crippen molar-refractivity contribution in [2.45, 2.75) is 12.6 Å². The molecule has 1 atom stereocenters. The molecule has 32 heavy (non-hydrogen) atoms. The summed E-state index contributed by atoms with van der Waals surface area (Å²) < 4.78 is 20.3. The number of amides is 1. The molecule has 164 valence electrons. The average Bonchev–Trinajstić information content (AvgIpc) is 3.60. The Balaban J connectivity index is 1.37. The van der Waals surface area contributed by atoms with Gasteiger partial charge in [0.15, 0.2) is 11.6 Å². The minimum Gasteiger partial charge on any atom is -0.459 e. The number of thiophene rings is 1. The van der Waals surface area contributed by atoms with Gasteiger partial charge < -0.3 is 9.32 Å². The number of furan rings is 1. The van der Waals surface area contributed by atoms with Crippen LogP contribution >= 0.6 is 11.3 Å². The van der Waals surface area contributed by atoms with E-state index in [-0.39, 0.29) is 17.8 Å². The Kier molecular flexibility index (Phi) is 5.78. The smallest absolute Gasteiger partial charge is 0.289 e. The van der Waals surface area contributed by atoms with Gasteiger partial charge in [-0.15, -0.1) is 16.4 Å². The molecule has 1 aliphatic heterocycles. The summed E-state index contributed by atoms with van der Waals surface area (Å²) in [4.78, 5) is 17.9. The van der Waals surface area contributed by atoms with Gasteiger partial charge in [-0.05, 0) is 51.7 Å². The van der Waals surface area contributed by atoms with E-state index in [2.05, 4.69) is 26.5 Å². The molecule has 0 saturated carbocycles. The fourth-order valence-corrected chi connectivity index (χ4v) is 4.79. The first-order chi connectivity index (χ1) is 15.7. The maximum absolute atomic E-state index is 13.3. The number of rotatable bonds is 6. The summed E-state index contributed by atoms with van der Waals surface area (Å²) in [5.41, 5.74) is 0.916. The van der Waals surface area contributed by atoms with E-state index in [1.165, 1.54) is 18.4 Å². The number of hydrogen-bond donors (Lipinski definition) is 0. The quantitative estimate of drug-likeness (QED) is 0.447. The third-order valence-electron chi connectivity index (χ3n) is 5.56. The van der Waals surface area contributed by atoms with Crippen molar-refractivity contribution in [3.63, 3.8) is 0 Å². The molecule has 1 saturated heterocycles. The number of carbonyl (C=O) groups is 1. The summed E-state index contributed by atoms with van der Waals surface area (Å²) in [6, 6.07) is 13.7. The summed E-state index contributed by atoms with van der Waals surface area (Å²) in [7, 11) is 0. The average molecular weight is 453 g/mol. The highest BCUT2D eigenvalue weighted by atomic mass is 32.1. The van der Waals surface area contributed by atoms with Crippen molar-refractivity contribution in [2.75, 3.05) is 26.2 Å². The Hall–Kier alpha value is -3.37. The van der Waals surface area contributed by atoms with Crippen molar-refractivity contribution in [1.29, 1.82) is 0 Å². The van der Waals surface area contributed by atoms with Gasteiger partial charge >= 0.3 is 0 Å². The number of tetrazole rings is 1. The second-order valence-corrected chi connectivity index (χ2v) is 8.52. The van der Waals surface area contributed by atoms with Crippen LogP contribution < -0.4 is 0 Å². The van der Waals surface area contributed by atoms with Crippen molar-refractivity contribution >= 4 is 17.2 Å². The normalized spacial score (nSPS) is 15.7. The molecule has 1 amide bonds. The first-order valence-electron chi connectivity index (χ1n) is 10.3. The lowest BCUT2D eigenvalue weighted by molar-refractivity contribution is 0.0562. The van der Waals surface area contributed by atoms with Crippen LogP contribution in [0.25, 0.3) is 0 Å². The van der Waals surface area contributed by atoms with Crippen molar-refractivity contribution < 1.29 is 13.6 Å². The Morgan fingerprint density at radius 3 is 2.59 bits per heavy atom. The minimum atomic E-state index is -0.274. The fraction of sp³-hybridized carbons (Fsp3) is 0.273. The molecule has 4 heterocycles. The molecular formula is C22H21FN6O2S. The highest BCUT2D eigenvalue weighted by molar-refractivity contribution is 7.10. The highest BCUT2D eigenvalue weighted by Crippen LogP contribution is 2.31. The Labute approximate surface area is 187 Å². The number of carbonyl (C=O) groups excluding carboxylic acids is 1. The molecule has 8 nitrogen and oxygen atoms in total. The van der Waals surface area contributed by atoms with Crippen LogP contribution in [0.4, 0.5) is 4.39 Å². The summed E-state index contributed by atoms with van der Waals surface area (Å²) in [6.07, 6.45) is 1.51. The van der Waals surface area contributed by atoms with Gasteiger partial charge in [0.1, 0.15) is 11.9 Å². The van der Waals surface area contributed by atoms with E-state index in [0.29, 0.717) is 38.5 Å². The topological polar surface area (TPSA) is 80.3 Å². The van der Waals surface area contributed by atoms with Crippen LogP contribution in [-0.2, 0) is 6.54 Å². The molecule has 10 heteroatoms. The standard InChI is InChI=1S/C22H21FN6O2S/c23-17-7-5-16(6-8-17)15-29-21(24-25-26-29)20(19-4-2-14-32-19)27-9-11-28(12-10-27)22(30)18-3-1-13-31-18/h1-8,13-14,20H,9-12,15H2/t20-/m1/s1. The van der Waals surface area contributed by atoms with E-state index in [1.807, 2.05) is 16.3 Å². The van der Waals surface area contributed by atoms with E-state index in [9.17, 15) is 9.18 Å². The van der Waals surface area contributed by atoms with Gasteiger partial charge in [-0.3, -0.25) is 9.69 Å². The van der Waals surface area contributed by atoms with E-state index < -0.39 is 0 Å². The zero-order chi connectivity index (χ0) is 21.9. The SMILES string of the molecule is O=C(c1ccco1)N1CCN([C@H](c2cccs2)c2nnnn2Cc2ccc(F)cc2)CC1. The van der Waals surface area contributed by atoms with Crippen LogP contribution in [0.3, 0.4) is 0 Å². The second kappa shape index (κ2) is 9.01. The number of benzene rings is 1. The molecule has 4 aromatic rings. The van der Waals surface area contributed by atoms with Crippen LogP contribution in [0.15, 0.2) is 64.6 Å². The van der Waals surface area contributed by atoms with Crippen LogP contribution in [0.2, 0.25) is 0 Å². The molecule has 0 N–H and O–H groups in total. The molecule has 0 aliphatic carbocycles. The van der Waals surface area contributed by atoms with Gasteiger partial charge in [0.25, 0.3) is 5.91 Å². The molecular weight excluding hydrogens is 431 g/mol. The first-order valence-corrected chi connectivity index (χ1v) is 11.2. The van der Waals surface area contributed by atoms with Gasteiger partial charge in [0, 0.05) is 31.1 Å². The third kappa shape index (κ3) is 4.19. The third-order valence-corrected chi connectivity index (χ3v) is 6.49. The van der Waals surface area contributed by atoms with Gasteiger partial charge in [-0.25, -0.2) is 9.07 Å². The van der Waals surface area contributed by atoms with Crippen molar-refractivity contribution in [1.82, 2.24) is 30.0 Å². The van der Waals surface area contributed by atoms with Crippen molar-refractivity contribution in [3.8, 4) is 0 Å². The van der Waals surface area contributed by atoms with E-state index >= 15 is 0 Å². The molecule has 1 aromatic carbocycles. The molecule has 0 radical (unpaired) electrons. The van der Waals surface area contributed by atoms with Crippen LogP contribution in [-0.4, -0.2) is 62.1 Å². The summed E-state index contributed by atoms with van der Waals surface area (Å²) in [6.45, 7) is 2.97. The minimum absolute atomic E-state index is 0.0940. The highest BCUT2D eigenvalue weighted by Gasteiger charge is 2.33. The molecule has 1 fully saturated rings. The Bertz CT molecular complexity index is 1150. The molecule has 5 rings (SSSR count). The zero-order valence-electron chi connectivity index (χ0n) is 17.2. The van der Waals surface area contributed by atoms with Gasteiger partial charge in [-0.2, -0.15) is 0 Å². The van der Waals surface area contributed by atoms with Gasteiger partial charge in [-0.1, -0.05) is 18.2 Å². The molecule has 0 spiro atoms. The Morgan fingerprint density at radius 1 is 1.09 bits per heavy atom. The lowest BCUT2D eigenvalue weighted by Crippen LogP contribution is -2.50. The second-order valence-electron chi connectivity index (χ2n) is 7.54. The molecule has 0 unspecified atom stereocenters. The number of nitrogens with zero attached hydrogens (tertiary/aromatic N) is 6. The monoisotopic (exact) mass is 452 g/mol. The molecule has 3 aromatic heterocycles. The maximum atomic E-state index is 13.3. The van der Waals surface area contributed by atoms with Crippen molar-refractivity contribution in [2.24, 2.45) is 0 Å².